The number of ketones is 1. The standard InChI is InChI=1S/C26H42O4Si/c1-20(24(17-27)30-31(6,7)25(2,3)4)26(5,22-15-11-12-16-23(22)28)19-29-18-21-13-9-8-10-14-21/h8-10,13-14,17,20,22,24H,11-12,15-16,18-19H2,1-7H3/t20-,22-,24-,26-/m1/s1. The van der Waals surface area contributed by atoms with Crippen LogP contribution in [0.5, 0.6) is 0 Å². The Morgan fingerprint density at radius 1 is 1.13 bits per heavy atom. The lowest BCUT2D eigenvalue weighted by Gasteiger charge is -2.47. The molecular weight excluding hydrogens is 404 g/mol. The highest BCUT2D eigenvalue weighted by Crippen LogP contribution is 2.46. The molecule has 31 heavy (non-hydrogen) atoms. The monoisotopic (exact) mass is 446 g/mol. The third-order valence-corrected chi connectivity index (χ3v) is 12.3. The highest BCUT2D eigenvalue weighted by molar-refractivity contribution is 6.74. The first-order valence-electron chi connectivity index (χ1n) is 11.7. The molecule has 4 atom stereocenters. The van der Waals surface area contributed by atoms with E-state index in [1.807, 2.05) is 30.3 Å². The van der Waals surface area contributed by atoms with Crippen LogP contribution in [0.2, 0.25) is 18.1 Å². The van der Waals surface area contributed by atoms with Crippen molar-refractivity contribution in [3.8, 4) is 0 Å². The molecule has 0 N–H and O–H groups in total. The normalized spacial score (nSPS) is 21.9. The summed E-state index contributed by atoms with van der Waals surface area (Å²) in [4.78, 5) is 25.2. The predicted octanol–water partition coefficient (Wildman–Crippen LogP) is 6.19. The molecule has 0 spiro atoms. The quantitative estimate of drug-likeness (QED) is 0.317. The van der Waals surface area contributed by atoms with Crippen LogP contribution in [0.4, 0.5) is 0 Å². The Balaban J connectivity index is 2.26. The summed E-state index contributed by atoms with van der Waals surface area (Å²) < 4.78 is 12.7. The fourth-order valence-corrected chi connectivity index (χ4v) is 5.63. The Bertz CT molecular complexity index is 725. The number of hydrogen-bond acceptors (Lipinski definition) is 4. The number of hydrogen-bond donors (Lipinski definition) is 0. The Kier molecular flexibility index (Phi) is 8.83. The van der Waals surface area contributed by atoms with Crippen LogP contribution >= 0.6 is 0 Å². The van der Waals surface area contributed by atoms with Crippen molar-refractivity contribution in [3.63, 3.8) is 0 Å². The van der Waals surface area contributed by atoms with E-state index in [0.717, 1.165) is 31.1 Å². The molecule has 2 rings (SSSR count). The fourth-order valence-electron chi connectivity index (χ4n) is 4.33. The smallest absolute Gasteiger partial charge is 0.193 e. The molecule has 0 bridgehead atoms. The number of carbonyl (C=O) groups excluding carboxylic acids is 2. The van der Waals surface area contributed by atoms with E-state index in [4.69, 9.17) is 9.16 Å². The van der Waals surface area contributed by atoms with Crippen molar-refractivity contribution in [2.75, 3.05) is 6.61 Å². The van der Waals surface area contributed by atoms with Gasteiger partial charge in [-0.05, 0) is 42.5 Å². The molecule has 0 amide bonds. The van der Waals surface area contributed by atoms with Gasteiger partial charge in [0.15, 0.2) is 8.32 Å². The van der Waals surface area contributed by atoms with Gasteiger partial charge in [-0.3, -0.25) is 4.79 Å². The molecule has 0 unspecified atom stereocenters. The van der Waals surface area contributed by atoms with Gasteiger partial charge in [-0.25, -0.2) is 0 Å². The van der Waals surface area contributed by atoms with Crippen LogP contribution < -0.4 is 0 Å². The summed E-state index contributed by atoms with van der Waals surface area (Å²) in [6, 6.07) is 10.1. The van der Waals surface area contributed by atoms with Gasteiger partial charge >= 0.3 is 0 Å². The van der Waals surface area contributed by atoms with Crippen LogP contribution in [0.1, 0.15) is 65.9 Å². The van der Waals surface area contributed by atoms with E-state index in [9.17, 15) is 9.59 Å². The van der Waals surface area contributed by atoms with E-state index in [0.29, 0.717) is 25.4 Å². The summed E-state index contributed by atoms with van der Waals surface area (Å²) in [5, 5.41) is 0.00878. The minimum absolute atomic E-state index is 0.00878. The molecule has 0 heterocycles. The Morgan fingerprint density at radius 2 is 1.77 bits per heavy atom. The molecule has 0 radical (unpaired) electrons. The second kappa shape index (κ2) is 10.5. The van der Waals surface area contributed by atoms with Crippen LogP contribution in [-0.2, 0) is 25.4 Å². The molecule has 0 saturated heterocycles. The van der Waals surface area contributed by atoms with Gasteiger partial charge in [0, 0.05) is 17.8 Å². The molecule has 174 valence electrons. The molecule has 1 aliphatic rings. The molecule has 4 nitrogen and oxygen atoms in total. The van der Waals surface area contributed by atoms with Crippen molar-refractivity contribution < 1.29 is 18.8 Å². The Hall–Kier alpha value is -1.30. The largest absolute Gasteiger partial charge is 0.407 e. The van der Waals surface area contributed by atoms with Gasteiger partial charge in [0.25, 0.3) is 0 Å². The lowest BCUT2D eigenvalue weighted by atomic mass is 9.62. The summed E-state index contributed by atoms with van der Waals surface area (Å²) in [6.45, 7) is 16.0. The molecule has 0 aromatic heterocycles. The van der Waals surface area contributed by atoms with E-state index < -0.39 is 19.8 Å². The van der Waals surface area contributed by atoms with Crippen LogP contribution in [0, 0.1) is 17.3 Å². The molecule has 1 aromatic carbocycles. The second-order valence-electron chi connectivity index (χ2n) is 11.0. The van der Waals surface area contributed by atoms with E-state index in [-0.39, 0.29) is 16.9 Å². The van der Waals surface area contributed by atoms with Crippen LogP contribution in [-0.4, -0.2) is 33.1 Å². The fraction of sp³-hybridized carbons (Fsp3) is 0.692. The molecule has 1 aliphatic carbocycles. The Labute approximate surface area is 190 Å². The van der Waals surface area contributed by atoms with E-state index in [1.54, 1.807) is 0 Å². The van der Waals surface area contributed by atoms with Gasteiger partial charge in [-0.2, -0.15) is 0 Å². The number of Topliss-reactive ketones (excluding diaryl/α,β-unsaturated/α-hetero) is 1. The molecular formula is C26H42O4Si. The average molecular weight is 447 g/mol. The number of carbonyl (C=O) groups is 2. The summed E-state index contributed by atoms with van der Waals surface area (Å²) in [5.41, 5.74) is 0.650. The minimum atomic E-state index is -2.14. The van der Waals surface area contributed by atoms with Crippen molar-refractivity contribution in [2.45, 2.75) is 91.1 Å². The van der Waals surface area contributed by atoms with Gasteiger partial charge < -0.3 is 14.0 Å². The first-order chi connectivity index (χ1) is 14.4. The molecule has 1 aromatic rings. The van der Waals surface area contributed by atoms with Crippen molar-refractivity contribution in [1.82, 2.24) is 0 Å². The summed E-state index contributed by atoms with van der Waals surface area (Å²) >= 11 is 0. The van der Waals surface area contributed by atoms with Gasteiger partial charge in [0.2, 0.25) is 0 Å². The highest BCUT2D eigenvalue weighted by Gasteiger charge is 2.49. The average Bonchev–Trinajstić information content (AvgIpc) is 2.71. The number of aldehydes is 1. The maximum absolute atomic E-state index is 13.0. The minimum Gasteiger partial charge on any atom is -0.407 e. The summed E-state index contributed by atoms with van der Waals surface area (Å²) in [7, 11) is -2.14. The van der Waals surface area contributed by atoms with Crippen molar-refractivity contribution >= 4 is 20.4 Å². The van der Waals surface area contributed by atoms with Gasteiger partial charge in [0.1, 0.15) is 18.2 Å². The maximum Gasteiger partial charge on any atom is 0.193 e. The topological polar surface area (TPSA) is 52.6 Å². The molecule has 0 aliphatic heterocycles. The molecule has 1 saturated carbocycles. The van der Waals surface area contributed by atoms with E-state index in [1.165, 1.54) is 0 Å². The first kappa shape index (κ1) is 26.0. The maximum atomic E-state index is 13.0. The van der Waals surface area contributed by atoms with Crippen molar-refractivity contribution in [1.29, 1.82) is 0 Å². The van der Waals surface area contributed by atoms with Gasteiger partial charge in [0.05, 0.1) is 13.2 Å². The zero-order chi connectivity index (χ0) is 23.3. The van der Waals surface area contributed by atoms with Crippen LogP contribution in [0.3, 0.4) is 0 Å². The van der Waals surface area contributed by atoms with E-state index in [2.05, 4.69) is 47.7 Å². The summed E-state index contributed by atoms with van der Waals surface area (Å²) in [6.07, 6.45) is 3.91. The predicted molar refractivity (Wildman–Crippen MR) is 128 cm³/mol. The van der Waals surface area contributed by atoms with Crippen molar-refractivity contribution in [2.24, 2.45) is 17.3 Å². The molecule has 5 heteroatoms. The zero-order valence-electron chi connectivity index (χ0n) is 20.6. The van der Waals surface area contributed by atoms with Crippen LogP contribution in [0.15, 0.2) is 30.3 Å². The Morgan fingerprint density at radius 3 is 2.32 bits per heavy atom. The number of rotatable bonds is 10. The SMILES string of the molecule is C[C@H]([C@@H](C=O)O[Si](C)(C)C(C)(C)C)[C@@](C)(COCc1ccccc1)[C@@H]1CCCCC1=O. The van der Waals surface area contributed by atoms with E-state index >= 15 is 0 Å². The third kappa shape index (κ3) is 6.36. The van der Waals surface area contributed by atoms with Gasteiger partial charge in [-0.1, -0.05) is 71.4 Å². The zero-order valence-corrected chi connectivity index (χ0v) is 21.6. The van der Waals surface area contributed by atoms with Crippen molar-refractivity contribution in [3.05, 3.63) is 35.9 Å². The highest BCUT2D eigenvalue weighted by atomic mass is 28.4. The number of benzene rings is 1. The first-order valence-corrected chi connectivity index (χ1v) is 14.6. The third-order valence-electron chi connectivity index (χ3n) is 7.78. The number of ether oxygens (including phenoxy) is 1. The summed E-state index contributed by atoms with van der Waals surface area (Å²) in [5.74, 6) is 0.0836. The lowest BCUT2D eigenvalue weighted by Crippen LogP contribution is -2.52. The molecule has 1 fully saturated rings. The van der Waals surface area contributed by atoms with Gasteiger partial charge in [-0.15, -0.1) is 0 Å². The van der Waals surface area contributed by atoms with Crippen LogP contribution in [0.25, 0.3) is 0 Å². The lowest BCUT2D eigenvalue weighted by molar-refractivity contribution is -0.140. The second-order valence-corrected chi connectivity index (χ2v) is 15.8.